The zero-order chi connectivity index (χ0) is 5.91. The third kappa shape index (κ3) is 2.76. The Balaban J connectivity index is 3.82. The van der Waals surface area contributed by atoms with Gasteiger partial charge in [-0.15, -0.1) is 0 Å². The normalized spacial score (nSPS) is 12.9. The predicted octanol–water partition coefficient (Wildman–Crippen LogP) is 2.52. The van der Waals surface area contributed by atoms with Crippen molar-refractivity contribution in [3.63, 3.8) is 0 Å². The summed E-state index contributed by atoms with van der Waals surface area (Å²) in [6, 6.07) is 0. The van der Waals surface area contributed by atoms with Crippen LogP contribution in [0.25, 0.3) is 0 Å². The molecule has 0 spiro atoms. The van der Waals surface area contributed by atoms with Gasteiger partial charge in [-0.05, 0) is 0 Å². The van der Waals surface area contributed by atoms with Gasteiger partial charge >= 0.3 is 48.3 Å². The van der Waals surface area contributed by atoms with Crippen molar-refractivity contribution >= 4 is 0 Å². The van der Waals surface area contributed by atoms with Crippen molar-refractivity contribution in [3.8, 4) is 0 Å². The molecule has 0 aliphatic heterocycles. The second kappa shape index (κ2) is 2.42. The van der Waals surface area contributed by atoms with Crippen LogP contribution in [0.2, 0.25) is 11.0 Å². The first kappa shape index (κ1) is 7.10. The molecule has 0 amide bonds. The molecule has 0 fully saturated rings. The fourth-order valence-electron chi connectivity index (χ4n) is 0.0589. The Morgan fingerprint density at radius 3 is 1.43 bits per heavy atom. The fourth-order valence-corrected chi connectivity index (χ4v) is 0.349. The van der Waals surface area contributed by atoms with Crippen LogP contribution in [0.5, 0.6) is 0 Å². The van der Waals surface area contributed by atoms with Gasteiger partial charge in [-0.1, -0.05) is 0 Å². The van der Waals surface area contributed by atoms with Gasteiger partial charge in [0.15, 0.2) is 0 Å². The maximum atomic E-state index is 3.71. The van der Waals surface area contributed by atoms with Crippen molar-refractivity contribution in [2.75, 3.05) is 0 Å². The molecule has 0 rings (SSSR count). The summed E-state index contributed by atoms with van der Waals surface area (Å²) in [4.78, 5) is 0. The van der Waals surface area contributed by atoms with E-state index in [4.69, 9.17) is 0 Å². The van der Waals surface area contributed by atoms with Crippen molar-refractivity contribution < 1.29 is 14.8 Å². The summed E-state index contributed by atoms with van der Waals surface area (Å²) in [6.45, 7) is 7.42. The van der Waals surface area contributed by atoms with Crippen LogP contribution in [0.15, 0.2) is 22.5 Å². The molecule has 0 atom stereocenters. The van der Waals surface area contributed by atoms with Gasteiger partial charge in [0.05, 0.1) is 0 Å². The quantitative estimate of drug-likeness (QED) is 0.580. The average molecular weight is 185 g/mol. The van der Waals surface area contributed by atoms with Gasteiger partial charge in [0.25, 0.3) is 0 Å². The Hall–Kier alpha value is 0.103. The summed E-state index contributed by atoms with van der Waals surface area (Å²) < 4.78 is 4.09. The van der Waals surface area contributed by atoms with Crippen LogP contribution in [-0.2, 0) is 14.8 Å². The molecule has 1 heteroatoms. The molecular formula is C6H12Ru. The molecule has 0 N–H and O–H groups in total. The molecule has 0 unspecified atom stereocenters. The minimum absolute atomic E-state index is 1.40. The fraction of sp³-hybridized carbons (Fsp3) is 0.333. The number of hydrogen-bond donors (Lipinski definition) is 0. The van der Waals surface area contributed by atoms with Gasteiger partial charge in [0, 0.05) is 0 Å². The molecule has 0 nitrogen and oxygen atoms in total. The first-order chi connectivity index (χ1) is 3.12. The third-order valence-corrected chi connectivity index (χ3v) is 4.40. The first-order valence-corrected chi connectivity index (χ1v) is 7.42. The monoisotopic (exact) mass is 186 g/mol. The molecule has 0 heterocycles. The Labute approximate surface area is 48.7 Å². The van der Waals surface area contributed by atoms with Crippen LogP contribution in [0, 0.1) is 0 Å². The van der Waals surface area contributed by atoms with Crippen molar-refractivity contribution in [3.05, 3.63) is 22.5 Å². The molecular weight excluding hydrogens is 173 g/mol. The summed E-state index contributed by atoms with van der Waals surface area (Å²) in [6.07, 6.45) is 0. The van der Waals surface area contributed by atoms with E-state index in [0.29, 0.717) is 0 Å². The van der Waals surface area contributed by atoms with E-state index >= 15 is 0 Å². The van der Waals surface area contributed by atoms with Crippen LogP contribution in [0.4, 0.5) is 0 Å². The molecule has 7 heavy (non-hydrogen) atoms. The molecule has 0 radical (unpaired) electrons. The summed E-state index contributed by atoms with van der Waals surface area (Å²) in [7, 11) is 0. The van der Waals surface area contributed by atoms with Crippen LogP contribution < -0.4 is 0 Å². The molecule has 0 aromatic rings. The van der Waals surface area contributed by atoms with E-state index in [1.54, 1.807) is 0 Å². The first-order valence-electron chi connectivity index (χ1n) is 1.93. The summed E-state index contributed by atoms with van der Waals surface area (Å²) >= 11 is -1.40. The SMILES string of the molecule is C=[CH][Ru]([CH3])([CH3])[CH]=C. The Morgan fingerprint density at radius 1 is 1.14 bits per heavy atom. The molecule has 0 saturated carbocycles. The molecule has 0 saturated heterocycles. The van der Waals surface area contributed by atoms with Gasteiger partial charge < -0.3 is 0 Å². The van der Waals surface area contributed by atoms with Gasteiger partial charge in [-0.3, -0.25) is 0 Å². The molecule has 44 valence electrons. The van der Waals surface area contributed by atoms with Gasteiger partial charge in [0.2, 0.25) is 0 Å². The van der Waals surface area contributed by atoms with E-state index in [9.17, 15) is 0 Å². The van der Waals surface area contributed by atoms with E-state index in [1.807, 2.05) is 9.34 Å². The maximum absolute atomic E-state index is 3.71. The molecule has 0 bridgehead atoms. The zero-order valence-corrected chi connectivity index (χ0v) is 6.66. The minimum atomic E-state index is -1.40. The van der Waals surface area contributed by atoms with E-state index in [2.05, 4.69) is 24.2 Å². The van der Waals surface area contributed by atoms with Crippen molar-refractivity contribution in [1.82, 2.24) is 0 Å². The van der Waals surface area contributed by atoms with Crippen LogP contribution in [-0.4, -0.2) is 0 Å². The molecule has 0 aromatic carbocycles. The average Bonchev–Trinajstić information content (AvgIpc) is 1.68. The second-order valence-corrected chi connectivity index (χ2v) is 9.33. The number of rotatable bonds is 2. The Bertz CT molecular complexity index is 72.2. The Kier molecular flexibility index (Phi) is 2.46. The number of hydrogen-bond acceptors (Lipinski definition) is 0. The van der Waals surface area contributed by atoms with E-state index in [1.165, 1.54) is 0 Å². The Morgan fingerprint density at radius 2 is 1.43 bits per heavy atom. The molecule has 0 aliphatic carbocycles. The summed E-state index contributed by atoms with van der Waals surface area (Å²) in [5.41, 5.74) is 4.46. The van der Waals surface area contributed by atoms with Crippen LogP contribution >= 0.6 is 0 Å². The molecule has 0 aliphatic rings. The van der Waals surface area contributed by atoms with Crippen molar-refractivity contribution in [2.24, 2.45) is 0 Å². The van der Waals surface area contributed by atoms with Crippen LogP contribution in [0.1, 0.15) is 0 Å². The molecule has 0 aromatic heterocycles. The summed E-state index contributed by atoms with van der Waals surface area (Å²) in [5, 5.41) is 0. The third-order valence-electron chi connectivity index (χ3n) is 0.744. The predicted molar refractivity (Wildman–Crippen MR) is 32.1 cm³/mol. The summed E-state index contributed by atoms with van der Waals surface area (Å²) in [5.74, 6) is 0. The van der Waals surface area contributed by atoms with Gasteiger partial charge in [-0.25, -0.2) is 0 Å². The van der Waals surface area contributed by atoms with E-state index in [0.717, 1.165) is 0 Å². The van der Waals surface area contributed by atoms with Gasteiger partial charge in [-0.2, -0.15) is 0 Å². The topological polar surface area (TPSA) is 0 Å². The van der Waals surface area contributed by atoms with Crippen molar-refractivity contribution in [2.45, 2.75) is 11.0 Å². The van der Waals surface area contributed by atoms with Gasteiger partial charge in [0.1, 0.15) is 0 Å². The standard InChI is InChI=1S/2C2H3.2CH3.Ru/c2*1-2;;;/h2*1H,2H2;2*1H3;. The second-order valence-electron chi connectivity index (χ2n) is 1.58. The van der Waals surface area contributed by atoms with E-state index in [-0.39, 0.29) is 0 Å². The van der Waals surface area contributed by atoms with E-state index < -0.39 is 14.8 Å². The van der Waals surface area contributed by atoms with Crippen molar-refractivity contribution in [1.29, 1.82) is 0 Å². The zero-order valence-electron chi connectivity index (χ0n) is 4.92. The van der Waals surface area contributed by atoms with Crippen LogP contribution in [0.3, 0.4) is 0 Å².